The van der Waals surface area contributed by atoms with Crippen LogP contribution in [0.4, 0.5) is 27.6 Å². The third-order valence-corrected chi connectivity index (χ3v) is 4.40. The summed E-state index contributed by atoms with van der Waals surface area (Å²) >= 11 is 6.05. The van der Waals surface area contributed by atoms with E-state index in [0.29, 0.717) is 0 Å². The van der Waals surface area contributed by atoms with Crippen molar-refractivity contribution in [2.45, 2.75) is 18.8 Å². The van der Waals surface area contributed by atoms with Crippen molar-refractivity contribution in [1.82, 2.24) is 10.7 Å². The van der Waals surface area contributed by atoms with Crippen LogP contribution in [0.5, 0.6) is 0 Å². The van der Waals surface area contributed by atoms with Crippen LogP contribution in [-0.2, 0) is 16.1 Å². The number of anilines is 1. The molecule has 0 fully saturated rings. The quantitative estimate of drug-likeness (QED) is 0.656. The van der Waals surface area contributed by atoms with E-state index in [2.05, 4.69) is 10.7 Å². The monoisotopic (exact) mass is 447 g/mol. The molecule has 0 saturated carbocycles. The number of halogens is 6. The van der Waals surface area contributed by atoms with Crippen molar-refractivity contribution in [2.75, 3.05) is 11.6 Å². The predicted molar refractivity (Wildman–Crippen MR) is 99.1 cm³/mol. The van der Waals surface area contributed by atoms with E-state index in [1.165, 1.54) is 12.1 Å². The highest BCUT2D eigenvalue weighted by molar-refractivity contribution is 6.33. The standard InChI is InChI=1S/C19H15ClF5N3O2/c20-13-3-1-2-4-15(13)28-18(8-16(27-28)19(23,24)25)30-10-17(29)26-9-11-7-12(21)5-6-14(11)22/h1-8,16,27H,9-10H2,(H,26,29). The maximum absolute atomic E-state index is 13.6. The molecule has 1 aliphatic rings. The number of benzene rings is 2. The maximum Gasteiger partial charge on any atom is 0.409 e. The average molecular weight is 448 g/mol. The van der Waals surface area contributed by atoms with Gasteiger partial charge in [-0.3, -0.25) is 4.79 Å². The van der Waals surface area contributed by atoms with E-state index in [1.807, 2.05) is 0 Å². The van der Waals surface area contributed by atoms with Gasteiger partial charge in [0.2, 0.25) is 5.88 Å². The van der Waals surface area contributed by atoms with Crippen LogP contribution >= 0.6 is 11.6 Å². The highest BCUT2D eigenvalue weighted by Crippen LogP contribution is 2.33. The van der Waals surface area contributed by atoms with Crippen molar-refractivity contribution in [3.05, 3.63) is 76.6 Å². The third-order valence-electron chi connectivity index (χ3n) is 4.08. The molecule has 3 rings (SSSR count). The Morgan fingerprint density at radius 1 is 1.20 bits per heavy atom. The molecule has 0 saturated heterocycles. The zero-order chi connectivity index (χ0) is 21.9. The lowest BCUT2D eigenvalue weighted by atomic mass is 10.2. The summed E-state index contributed by atoms with van der Waals surface area (Å²) in [5.41, 5.74) is 2.33. The summed E-state index contributed by atoms with van der Waals surface area (Å²) in [7, 11) is 0. The molecule has 1 aliphatic heterocycles. The maximum atomic E-state index is 13.6. The summed E-state index contributed by atoms with van der Waals surface area (Å²) in [5.74, 6) is -2.41. The topological polar surface area (TPSA) is 53.6 Å². The zero-order valence-electron chi connectivity index (χ0n) is 15.1. The number of hydrogen-bond donors (Lipinski definition) is 2. The molecule has 2 aromatic carbocycles. The second-order valence-electron chi connectivity index (χ2n) is 6.24. The second kappa shape index (κ2) is 8.88. The Hall–Kier alpha value is -2.85. The second-order valence-corrected chi connectivity index (χ2v) is 6.65. The smallest absolute Gasteiger partial charge is 0.409 e. The van der Waals surface area contributed by atoms with Gasteiger partial charge in [0.25, 0.3) is 5.91 Å². The van der Waals surface area contributed by atoms with Gasteiger partial charge in [0.05, 0.1) is 10.7 Å². The Balaban J connectivity index is 1.67. The van der Waals surface area contributed by atoms with Gasteiger partial charge in [0, 0.05) is 18.2 Å². The zero-order valence-corrected chi connectivity index (χ0v) is 15.9. The van der Waals surface area contributed by atoms with E-state index < -0.39 is 36.4 Å². The van der Waals surface area contributed by atoms with Gasteiger partial charge in [-0.15, -0.1) is 0 Å². The normalized spacial score (nSPS) is 16.4. The molecule has 0 bridgehead atoms. The van der Waals surface area contributed by atoms with E-state index in [0.717, 1.165) is 29.3 Å². The van der Waals surface area contributed by atoms with Crippen LogP contribution in [0.25, 0.3) is 0 Å². The molecule has 30 heavy (non-hydrogen) atoms. The molecule has 0 aliphatic carbocycles. The molecule has 2 N–H and O–H groups in total. The highest BCUT2D eigenvalue weighted by Gasteiger charge is 2.44. The number of nitrogens with one attached hydrogen (secondary N) is 2. The van der Waals surface area contributed by atoms with Gasteiger partial charge in [0.1, 0.15) is 17.7 Å². The summed E-state index contributed by atoms with van der Waals surface area (Å²) < 4.78 is 71.4. The summed E-state index contributed by atoms with van der Waals surface area (Å²) in [6.45, 7) is -0.974. The molecule has 11 heteroatoms. The molecule has 0 aromatic heterocycles. The van der Waals surface area contributed by atoms with Gasteiger partial charge in [-0.25, -0.2) is 19.2 Å². The summed E-state index contributed by atoms with van der Waals surface area (Å²) in [5, 5.41) is 3.46. The molecule has 1 unspecified atom stereocenters. The Kier molecular flexibility index (Phi) is 6.47. The SMILES string of the molecule is O=C(COC1=CC(C(F)(F)F)NN1c1ccccc1Cl)NCc1cc(F)ccc1F. The minimum absolute atomic E-state index is 0.0834. The number of ether oxygens (including phenoxy) is 1. The minimum Gasteiger partial charge on any atom is -0.468 e. The van der Waals surface area contributed by atoms with Gasteiger partial charge in [0.15, 0.2) is 6.61 Å². The van der Waals surface area contributed by atoms with Crippen molar-refractivity contribution >= 4 is 23.2 Å². The minimum atomic E-state index is -4.61. The Labute approximate surface area is 173 Å². The number of alkyl halides is 3. The predicted octanol–water partition coefficient (Wildman–Crippen LogP) is 4.05. The van der Waals surface area contributed by atoms with Gasteiger partial charge in [-0.05, 0) is 30.3 Å². The lowest BCUT2D eigenvalue weighted by Gasteiger charge is -2.25. The molecule has 2 aromatic rings. The number of para-hydroxylation sites is 1. The first-order valence-electron chi connectivity index (χ1n) is 8.58. The first-order valence-corrected chi connectivity index (χ1v) is 8.96. The Bertz CT molecular complexity index is 967. The summed E-state index contributed by atoms with van der Waals surface area (Å²) in [6.07, 6.45) is -3.84. The number of rotatable bonds is 6. The van der Waals surface area contributed by atoms with Crippen LogP contribution in [0.2, 0.25) is 5.02 Å². The van der Waals surface area contributed by atoms with Crippen LogP contribution in [0.1, 0.15) is 5.56 Å². The van der Waals surface area contributed by atoms with Gasteiger partial charge in [-0.1, -0.05) is 23.7 Å². The molecule has 1 heterocycles. The Morgan fingerprint density at radius 2 is 1.93 bits per heavy atom. The van der Waals surface area contributed by atoms with E-state index in [4.69, 9.17) is 16.3 Å². The fraction of sp³-hybridized carbons (Fsp3) is 0.211. The van der Waals surface area contributed by atoms with Crippen molar-refractivity contribution in [1.29, 1.82) is 0 Å². The molecule has 1 atom stereocenters. The van der Waals surface area contributed by atoms with Crippen molar-refractivity contribution in [2.24, 2.45) is 0 Å². The molecule has 1 amide bonds. The van der Waals surface area contributed by atoms with Crippen LogP contribution in [0.15, 0.2) is 54.4 Å². The fourth-order valence-corrected chi connectivity index (χ4v) is 2.84. The lowest BCUT2D eigenvalue weighted by molar-refractivity contribution is -0.142. The number of carbonyl (C=O) groups excluding carboxylic acids is 1. The highest BCUT2D eigenvalue weighted by atomic mass is 35.5. The van der Waals surface area contributed by atoms with E-state index in [9.17, 15) is 26.7 Å². The largest absolute Gasteiger partial charge is 0.468 e. The van der Waals surface area contributed by atoms with E-state index in [-0.39, 0.29) is 28.7 Å². The third kappa shape index (κ3) is 5.19. The number of carbonyl (C=O) groups is 1. The first kappa shape index (κ1) is 21.8. The number of hydrazine groups is 1. The van der Waals surface area contributed by atoms with E-state index >= 15 is 0 Å². The molecular weight excluding hydrogens is 433 g/mol. The number of amides is 1. The molecule has 5 nitrogen and oxygen atoms in total. The van der Waals surface area contributed by atoms with Gasteiger partial charge < -0.3 is 10.1 Å². The number of nitrogens with zero attached hydrogens (tertiary/aromatic N) is 1. The summed E-state index contributed by atoms with van der Waals surface area (Å²) in [4.78, 5) is 12.0. The van der Waals surface area contributed by atoms with Crippen molar-refractivity contribution in [3.8, 4) is 0 Å². The first-order chi connectivity index (χ1) is 14.1. The molecular formula is C19H15ClF5N3O2. The number of hydrogen-bond acceptors (Lipinski definition) is 4. The molecule has 0 radical (unpaired) electrons. The lowest BCUT2D eigenvalue weighted by Crippen LogP contribution is -2.45. The summed E-state index contributed by atoms with van der Waals surface area (Å²) in [6, 6.07) is 6.86. The van der Waals surface area contributed by atoms with Crippen LogP contribution in [-0.4, -0.2) is 24.7 Å². The van der Waals surface area contributed by atoms with Crippen molar-refractivity contribution < 1.29 is 31.5 Å². The fourth-order valence-electron chi connectivity index (χ4n) is 2.62. The van der Waals surface area contributed by atoms with Crippen LogP contribution in [0.3, 0.4) is 0 Å². The van der Waals surface area contributed by atoms with Gasteiger partial charge in [-0.2, -0.15) is 13.2 Å². The molecule has 0 spiro atoms. The average Bonchev–Trinajstić information content (AvgIpc) is 3.12. The Morgan fingerprint density at radius 3 is 2.63 bits per heavy atom. The van der Waals surface area contributed by atoms with Crippen LogP contribution in [0, 0.1) is 11.6 Å². The molecule has 160 valence electrons. The van der Waals surface area contributed by atoms with Crippen molar-refractivity contribution in [3.63, 3.8) is 0 Å². The van der Waals surface area contributed by atoms with E-state index in [1.54, 1.807) is 12.1 Å². The van der Waals surface area contributed by atoms with Gasteiger partial charge >= 0.3 is 6.18 Å². The van der Waals surface area contributed by atoms with Crippen LogP contribution < -0.4 is 15.8 Å².